The molecular formula is C12H14N2O4S. The Morgan fingerprint density at radius 1 is 1.42 bits per heavy atom. The molecule has 0 fully saturated rings. The van der Waals surface area contributed by atoms with E-state index in [2.05, 4.69) is 5.73 Å². The van der Waals surface area contributed by atoms with Crippen molar-refractivity contribution in [2.75, 3.05) is 6.54 Å². The van der Waals surface area contributed by atoms with Crippen molar-refractivity contribution in [2.45, 2.75) is 12.2 Å². The van der Waals surface area contributed by atoms with Gasteiger partial charge in [0.2, 0.25) is 5.91 Å². The topological polar surface area (TPSA) is 107 Å². The van der Waals surface area contributed by atoms with Crippen molar-refractivity contribution in [2.24, 2.45) is 0 Å². The molecule has 1 atom stereocenters. The van der Waals surface area contributed by atoms with E-state index >= 15 is 0 Å². The highest BCUT2D eigenvalue weighted by Gasteiger charge is 2.24. The number of para-hydroxylation sites is 1. The van der Waals surface area contributed by atoms with Gasteiger partial charge in [-0.05, 0) is 6.07 Å². The van der Waals surface area contributed by atoms with Crippen molar-refractivity contribution in [1.29, 1.82) is 0 Å². The third kappa shape index (κ3) is 2.40. The molecular weight excluding hydrogens is 268 g/mol. The van der Waals surface area contributed by atoms with Gasteiger partial charge in [0.25, 0.3) is 0 Å². The fraction of sp³-hybridized carbons (Fsp3) is 0.250. The zero-order valence-electron chi connectivity index (χ0n) is 10.4. The first-order valence-corrected chi connectivity index (χ1v) is 7.18. The molecule has 1 heterocycles. The summed E-state index contributed by atoms with van der Waals surface area (Å²) in [5, 5.41) is -0.649. The van der Waals surface area contributed by atoms with E-state index in [4.69, 9.17) is 0 Å². The Bertz CT molecular complexity index is 733. The molecule has 0 saturated carbocycles. The number of carbonyl (C=O) groups is 1. The van der Waals surface area contributed by atoms with E-state index in [9.17, 15) is 17.8 Å². The lowest BCUT2D eigenvalue weighted by molar-refractivity contribution is -0.367. The van der Waals surface area contributed by atoms with E-state index < -0.39 is 15.4 Å². The molecule has 0 aliphatic heterocycles. The van der Waals surface area contributed by atoms with Gasteiger partial charge in [-0.15, -0.1) is 0 Å². The first-order valence-electron chi connectivity index (χ1n) is 5.71. The summed E-state index contributed by atoms with van der Waals surface area (Å²) in [5.74, 6) is -0.242. The standard InChI is InChI=1S/C12H14N2O4S/c1-8(15)14-7-10(12(6-13)19(16,17)18)9-4-2-3-5-11(9)14/h2-5,7,12H,6,13H2,1H3,(H,16,17,18)/t12-/m1/s1. The highest BCUT2D eigenvalue weighted by atomic mass is 32.2. The molecule has 0 aliphatic carbocycles. The van der Waals surface area contributed by atoms with Gasteiger partial charge in [0, 0.05) is 24.1 Å². The SMILES string of the molecule is CC(=O)n1cc([C@@H](C[NH3+])S(=O)(=O)[O-])c2ccccc21. The van der Waals surface area contributed by atoms with Crippen LogP contribution in [0, 0.1) is 0 Å². The van der Waals surface area contributed by atoms with Crippen LogP contribution in [0.3, 0.4) is 0 Å². The molecule has 2 rings (SSSR count). The summed E-state index contributed by atoms with van der Waals surface area (Å²) in [5.41, 5.74) is 4.44. The quantitative estimate of drug-likeness (QED) is 0.807. The number of hydrogen-bond donors (Lipinski definition) is 1. The Labute approximate surface area is 110 Å². The Hall–Kier alpha value is -1.70. The lowest BCUT2D eigenvalue weighted by Gasteiger charge is -2.16. The van der Waals surface area contributed by atoms with E-state index in [1.54, 1.807) is 24.3 Å². The summed E-state index contributed by atoms with van der Waals surface area (Å²) in [6.07, 6.45) is 1.41. The van der Waals surface area contributed by atoms with E-state index in [0.29, 0.717) is 16.5 Å². The molecule has 0 amide bonds. The summed E-state index contributed by atoms with van der Waals surface area (Å²) >= 11 is 0. The molecule has 0 spiro atoms. The van der Waals surface area contributed by atoms with Crippen molar-refractivity contribution in [3.63, 3.8) is 0 Å². The number of quaternary nitrogens is 1. The zero-order chi connectivity index (χ0) is 14.2. The van der Waals surface area contributed by atoms with Crippen LogP contribution in [0.1, 0.15) is 22.5 Å². The fourth-order valence-corrected chi connectivity index (χ4v) is 2.97. The fourth-order valence-electron chi connectivity index (χ4n) is 2.18. The Balaban J connectivity index is 2.77. The van der Waals surface area contributed by atoms with Crippen LogP contribution in [-0.4, -0.2) is 30.0 Å². The minimum Gasteiger partial charge on any atom is -0.747 e. The average Bonchev–Trinajstić information content (AvgIpc) is 2.68. The molecule has 0 aliphatic rings. The molecule has 0 bridgehead atoms. The first kappa shape index (κ1) is 13.7. The van der Waals surface area contributed by atoms with Crippen molar-refractivity contribution in [3.8, 4) is 0 Å². The molecule has 3 N–H and O–H groups in total. The summed E-state index contributed by atoms with van der Waals surface area (Å²) in [6.45, 7) is 1.30. The third-order valence-electron chi connectivity index (χ3n) is 3.04. The molecule has 0 saturated heterocycles. The average molecular weight is 282 g/mol. The van der Waals surface area contributed by atoms with Crippen molar-refractivity contribution >= 4 is 26.9 Å². The predicted octanol–water partition coefficient (Wildman–Crippen LogP) is 0.130. The number of hydrogen-bond acceptors (Lipinski definition) is 4. The second-order valence-corrected chi connectivity index (χ2v) is 5.82. The highest BCUT2D eigenvalue weighted by molar-refractivity contribution is 7.86. The van der Waals surface area contributed by atoms with Gasteiger partial charge in [0.05, 0.1) is 12.1 Å². The summed E-state index contributed by atoms with van der Waals surface area (Å²) in [6, 6.07) is 6.88. The molecule has 0 unspecified atom stereocenters. The van der Waals surface area contributed by atoms with Crippen LogP contribution in [0.25, 0.3) is 10.9 Å². The van der Waals surface area contributed by atoms with Crippen LogP contribution in [-0.2, 0) is 10.1 Å². The van der Waals surface area contributed by atoms with Gasteiger partial charge in [-0.2, -0.15) is 0 Å². The van der Waals surface area contributed by atoms with Gasteiger partial charge >= 0.3 is 0 Å². The van der Waals surface area contributed by atoms with Crippen LogP contribution in [0.5, 0.6) is 0 Å². The lowest BCUT2D eigenvalue weighted by atomic mass is 10.1. The second kappa shape index (κ2) is 4.76. The number of carbonyl (C=O) groups excluding carboxylic acids is 1. The van der Waals surface area contributed by atoms with E-state index in [1.165, 1.54) is 17.7 Å². The second-order valence-electron chi connectivity index (χ2n) is 4.26. The maximum Gasteiger partial charge on any atom is 0.227 e. The van der Waals surface area contributed by atoms with Gasteiger partial charge < -0.3 is 10.3 Å². The summed E-state index contributed by atoms with van der Waals surface area (Å²) in [7, 11) is -4.51. The van der Waals surface area contributed by atoms with Crippen LogP contribution in [0.2, 0.25) is 0 Å². The first-order chi connectivity index (χ1) is 8.86. The van der Waals surface area contributed by atoms with Crippen molar-refractivity contribution < 1.29 is 23.5 Å². The van der Waals surface area contributed by atoms with Crippen LogP contribution < -0.4 is 5.73 Å². The van der Waals surface area contributed by atoms with Gasteiger partial charge in [0.15, 0.2) is 0 Å². The molecule has 1 aromatic heterocycles. The largest absolute Gasteiger partial charge is 0.747 e. The van der Waals surface area contributed by atoms with E-state index in [-0.39, 0.29) is 12.5 Å². The lowest BCUT2D eigenvalue weighted by Crippen LogP contribution is -2.54. The van der Waals surface area contributed by atoms with E-state index in [0.717, 1.165) is 0 Å². The molecule has 7 heteroatoms. The van der Waals surface area contributed by atoms with Crippen LogP contribution in [0.4, 0.5) is 0 Å². The predicted molar refractivity (Wildman–Crippen MR) is 68.4 cm³/mol. The van der Waals surface area contributed by atoms with Crippen molar-refractivity contribution in [3.05, 3.63) is 36.0 Å². The number of fused-ring (bicyclic) bond motifs is 1. The molecule has 1 aromatic carbocycles. The molecule has 6 nitrogen and oxygen atoms in total. The maximum atomic E-state index is 11.6. The summed E-state index contributed by atoms with van der Waals surface area (Å²) < 4.78 is 35.2. The smallest absolute Gasteiger partial charge is 0.227 e. The molecule has 0 radical (unpaired) electrons. The maximum absolute atomic E-state index is 11.6. The highest BCUT2D eigenvalue weighted by Crippen LogP contribution is 2.29. The van der Waals surface area contributed by atoms with Gasteiger partial charge in [-0.1, -0.05) is 18.2 Å². The Morgan fingerprint density at radius 3 is 2.58 bits per heavy atom. The van der Waals surface area contributed by atoms with Gasteiger partial charge in [0.1, 0.15) is 15.4 Å². The number of benzene rings is 1. The number of rotatable bonds is 3. The summed E-state index contributed by atoms with van der Waals surface area (Å²) in [4.78, 5) is 11.6. The van der Waals surface area contributed by atoms with Crippen LogP contribution in [0.15, 0.2) is 30.5 Å². The monoisotopic (exact) mass is 282 g/mol. The number of nitrogens with zero attached hydrogens (tertiary/aromatic N) is 1. The van der Waals surface area contributed by atoms with E-state index in [1.807, 2.05) is 0 Å². The Morgan fingerprint density at radius 2 is 2.05 bits per heavy atom. The minimum absolute atomic E-state index is 0.0717. The van der Waals surface area contributed by atoms with Gasteiger partial charge in [-0.3, -0.25) is 9.36 Å². The molecule has 102 valence electrons. The molecule has 2 aromatic rings. The van der Waals surface area contributed by atoms with Crippen LogP contribution >= 0.6 is 0 Å². The third-order valence-corrected chi connectivity index (χ3v) is 4.23. The molecule has 19 heavy (non-hydrogen) atoms. The normalized spacial score (nSPS) is 13.6. The van der Waals surface area contributed by atoms with Gasteiger partial charge in [-0.25, -0.2) is 8.42 Å². The zero-order valence-corrected chi connectivity index (χ0v) is 11.2. The minimum atomic E-state index is -4.51. The Kier molecular flexibility index (Phi) is 3.44. The van der Waals surface area contributed by atoms with Crippen molar-refractivity contribution in [1.82, 2.24) is 4.57 Å². The number of aromatic nitrogens is 1.